The number of rotatable bonds is 4. The SMILES string of the molecule is O=C(CCC1Cc2ccccc2NC1=O)Nc1ccnc2ccnn12. The molecule has 0 fully saturated rings. The number of para-hydroxylation sites is 1. The van der Waals surface area contributed by atoms with Crippen LogP contribution in [0, 0.1) is 5.92 Å². The van der Waals surface area contributed by atoms with Crippen molar-refractivity contribution in [1.29, 1.82) is 0 Å². The van der Waals surface area contributed by atoms with Crippen molar-refractivity contribution in [3.05, 3.63) is 54.4 Å². The van der Waals surface area contributed by atoms with E-state index in [1.807, 2.05) is 24.3 Å². The summed E-state index contributed by atoms with van der Waals surface area (Å²) < 4.78 is 1.57. The number of hydrogen-bond acceptors (Lipinski definition) is 4. The molecular formula is C18H17N5O2. The number of hydrogen-bond donors (Lipinski definition) is 2. The minimum Gasteiger partial charge on any atom is -0.326 e. The van der Waals surface area contributed by atoms with E-state index in [2.05, 4.69) is 20.7 Å². The maximum atomic E-state index is 12.3. The monoisotopic (exact) mass is 335 g/mol. The fraction of sp³-hybridized carbons (Fsp3) is 0.222. The number of carbonyl (C=O) groups excluding carboxylic acids is 2. The highest BCUT2D eigenvalue weighted by Gasteiger charge is 2.26. The first-order valence-corrected chi connectivity index (χ1v) is 8.18. The quantitative estimate of drug-likeness (QED) is 0.765. The van der Waals surface area contributed by atoms with Crippen molar-refractivity contribution in [2.45, 2.75) is 19.3 Å². The second-order valence-corrected chi connectivity index (χ2v) is 6.07. The summed E-state index contributed by atoms with van der Waals surface area (Å²) in [6.07, 6.45) is 4.68. The van der Waals surface area contributed by atoms with E-state index in [-0.39, 0.29) is 24.2 Å². The van der Waals surface area contributed by atoms with Crippen molar-refractivity contribution in [2.75, 3.05) is 10.6 Å². The molecule has 7 nitrogen and oxygen atoms in total. The largest absolute Gasteiger partial charge is 0.326 e. The molecule has 0 saturated heterocycles. The zero-order valence-electron chi connectivity index (χ0n) is 13.5. The standard InChI is InChI=1S/C18H17N5O2/c24-17(22-16-7-9-19-15-8-10-20-23(15)16)6-5-13-11-12-3-1-2-4-14(12)21-18(13)25/h1-4,7-10,13H,5-6,11H2,(H,21,25)(H,22,24). The van der Waals surface area contributed by atoms with Crippen LogP contribution in [0.5, 0.6) is 0 Å². The molecule has 1 aliphatic rings. The Balaban J connectivity index is 1.39. The van der Waals surface area contributed by atoms with Gasteiger partial charge in [-0.2, -0.15) is 9.61 Å². The summed E-state index contributed by atoms with van der Waals surface area (Å²) in [5.74, 6) is 0.209. The van der Waals surface area contributed by atoms with Crippen molar-refractivity contribution < 1.29 is 9.59 Å². The van der Waals surface area contributed by atoms with E-state index in [0.717, 1.165) is 11.3 Å². The molecule has 0 saturated carbocycles. The molecule has 7 heteroatoms. The molecule has 3 aromatic rings. The zero-order valence-corrected chi connectivity index (χ0v) is 13.5. The van der Waals surface area contributed by atoms with Gasteiger partial charge in [-0.15, -0.1) is 0 Å². The minimum absolute atomic E-state index is 0.0233. The van der Waals surface area contributed by atoms with Crippen LogP contribution in [0.15, 0.2) is 48.8 Å². The van der Waals surface area contributed by atoms with Crippen molar-refractivity contribution >= 4 is 29.0 Å². The molecule has 1 unspecified atom stereocenters. The van der Waals surface area contributed by atoms with E-state index in [9.17, 15) is 9.59 Å². The van der Waals surface area contributed by atoms with Gasteiger partial charge in [-0.1, -0.05) is 18.2 Å². The van der Waals surface area contributed by atoms with Crippen LogP contribution in [-0.4, -0.2) is 26.4 Å². The third-order valence-electron chi connectivity index (χ3n) is 4.39. The third-order valence-corrected chi connectivity index (χ3v) is 4.39. The lowest BCUT2D eigenvalue weighted by molar-refractivity contribution is -0.121. The van der Waals surface area contributed by atoms with Gasteiger partial charge >= 0.3 is 0 Å². The first-order valence-electron chi connectivity index (χ1n) is 8.18. The Morgan fingerprint density at radius 1 is 1.24 bits per heavy atom. The minimum atomic E-state index is -0.192. The molecule has 2 N–H and O–H groups in total. The van der Waals surface area contributed by atoms with Crippen molar-refractivity contribution in [3.8, 4) is 0 Å². The number of nitrogens with zero attached hydrogens (tertiary/aromatic N) is 3. The van der Waals surface area contributed by atoms with Crippen LogP contribution in [-0.2, 0) is 16.0 Å². The van der Waals surface area contributed by atoms with Crippen LogP contribution in [0.25, 0.3) is 5.65 Å². The van der Waals surface area contributed by atoms with Gasteiger partial charge in [0.1, 0.15) is 5.82 Å². The molecule has 2 aromatic heterocycles. The Labute approximate surface area is 144 Å². The smallest absolute Gasteiger partial charge is 0.227 e. The fourth-order valence-electron chi connectivity index (χ4n) is 3.09. The summed E-state index contributed by atoms with van der Waals surface area (Å²) in [5, 5.41) is 9.88. The average Bonchev–Trinajstić information content (AvgIpc) is 3.10. The molecule has 0 radical (unpaired) electrons. The molecule has 0 aliphatic carbocycles. The fourth-order valence-corrected chi connectivity index (χ4v) is 3.09. The third kappa shape index (κ3) is 3.08. The van der Waals surface area contributed by atoms with E-state index in [1.165, 1.54) is 0 Å². The predicted octanol–water partition coefficient (Wildman–Crippen LogP) is 2.26. The lowest BCUT2D eigenvalue weighted by Crippen LogP contribution is -2.30. The highest BCUT2D eigenvalue weighted by atomic mass is 16.2. The number of nitrogens with one attached hydrogen (secondary N) is 2. The number of carbonyl (C=O) groups is 2. The summed E-state index contributed by atoms with van der Waals surface area (Å²) in [6, 6.07) is 11.2. The molecule has 3 heterocycles. The van der Waals surface area contributed by atoms with Gasteiger partial charge in [0.25, 0.3) is 0 Å². The first-order chi connectivity index (χ1) is 12.2. The zero-order chi connectivity index (χ0) is 17.2. The van der Waals surface area contributed by atoms with Crippen LogP contribution < -0.4 is 10.6 Å². The van der Waals surface area contributed by atoms with Gasteiger partial charge in [0.2, 0.25) is 11.8 Å². The second-order valence-electron chi connectivity index (χ2n) is 6.07. The molecule has 2 amide bonds. The van der Waals surface area contributed by atoms with Gasteiger partial charge in [-0.05, 0) is 30.5 Å². The Hall–Kier alpha value is -3.22. The average molecular weight is 335 g/mol. The van der Waals surface area contributed by atoms with E-state index < -0.39 is 0 Å². The van der Waals surface area contributed by atoms with Crippen LogP contribution >= 0.6 is 0 Å². The molecule has 4 rings (SSSR count). The maximum absolute atomic E-state index is 12.3. The highest BCUT2D eigenvalue weighted by Crippen LogP contribution is 2.27. The Morgan fingerprint density at radius 2 is 2.12 bits per heavy atom. The Kier molecular flexibility index (Phi) is 3.89. The molecule has 0 bridgehead atoms. The van der Waals surface area contributed by atoms with Crippen molar-refractivity contribution in [3.63, 3.8) is 0 Å². The molecule has 25 heavy (non-hydrogen) atoms. The number of anilines is 2. The molecule has 0 spiro atoms. The van der Waals surface area contributed by atoms with Crippen molar-refractivity contribution in [2.24, 2.45) is 5.92 Å². The molecular weight excluding hydrogens is 318 g/mol. The van der Waals surface area contributed by atoms with Crippen molar-refractivity contribution in [1.82, 2.24) is 14.6 Å². The summed E-state index contributed by atoms with van der Waals surface area (Å²) in [7, 11) is 0. The first kappa shape index (κ1) is 15.3. The number of aromatic nitrogens is 3. The van der Waals surface area contributed by atoms with Gasteiger partial charge < -0.3 is 10.6 Å². The lowest BCUT2D eigenvalue weighted by Gasteiger charge is -2.24. The molecule has 1 atom stereocenters. The van der Waals surface area contributed by atoms with E-state index in [4.69, 9.17) is 0 Å². The highest BCUT2D eigenvalue weighted by molar-refractivity contribution is 5.96. The number of amides is 2. The molecule has 1 aromatic carbocycles. The normalized spacial score (nSPS) is 16.3. The molecule has 126 valence electrons. The van der Waals surface area contributed by atoms with E-state index >= 15 is 0 Å². The van der Waals surface area contributed by atoms with Gasteiger partial charge in [0.15, 0.2) is 5.65 Å². The lowest BCUT2D eigenvalue weighted by atomic mass is 9.89. The topological polar surface area (TPSA) is 88.4 Å². The Bertz CT molecular complexity index is 949. The summed E-state index contributed by atoms with van der Waals surface area (Å²) in [4.78, 5) is 28.6. The van der Waals surface area contributed by atoms with Gasteiger partial charge in [-0.3, -0.25) is 9.59 Å². The van der Waals surface area contributed by atoms with Crippen LogP contribution in [0.1, 0.15) is 18.4 Å². The van der Waals surface area contributed by atoms with E-state index in [0.29, 0.717) is 24.3 Å². The summed E-state index contributed by atoms with van der Waals surface area (Å²) >= 11 is 0. The summed E-state index contributed by atoms with van der Waals surface area (Å²) in [5.41, 5.74) is 2.65. The maximum Gasteiger partial charge on any atom is 0.227 e. The van der Waals surface area contributed by atoms with E-state index in [1.54, 1.807) is 29.0 Å². The van der Waals surface area contributed by atoms with Crippen LogP contribution in [0.4, 0.5) is 11.5 Å². The second kappa shape index (κ2) is 6.35. The van der Waals surface area contributed by atoms with Gasteiger partial charge in [-0.25, -0.2) is 4.98 Å². The van der Waals surface area contributed by atoms with Crippen LogP contribution in [0.2, 0.25) is 0 Å². The van der Waals surface area contributed by atoms with Gasteiger partial charge in [0, 0.05) is 30.3 Å². The molecule has 1 aliphatic heterocycles. The van der Waals surface area contributed by atoms with Gasteiger partial charge in [0.05, 0.1) is 6.20 Å². The Morgan fingerprint density at radius 3 is 3.04 bits per heavy atom. The number of fused-ring (bicyclic) bond motifs is 2. The number of benzene rings is 1. The predicted molar refractivity (Wildman–Crippen MR) is 93.1 cm³/mol. The van der Waals surface area contributed by atoms with Crippen LogP contribution in [0.3, 0.4) is 0 Å². The summed E-state index contributed by atoms with van der Waals surface area (Å²) in [6.45, 7) is 0.